The average molecular weight is 253 g/mol. The summed E-state index contributed by atoms with van der Waals surface area (Å²) in [5, 5.41) is 0. The normalized spacial score (nSPS) is 28.1. The average Bonchev–Trinajstić information content (AvgIpc) is 2.95. The number of carbonyl (C=O) groups excluding carboxylic acids is 1. The molecule has 0 atom stereocenters. The van der Waals surface area contributed by atoms with Gasteiger partial charge in [-0.15, -0.1) is 0 Å². The van der Waals surface area contributed by atoms with Gasteiger partial charge in [-0.25, -0.2) is 4.79 Å². The first-order valence-electron chi connectivity index (χ1n) is 6.94. The minimum absolute atomic E-state index is 0.158. The fourth-order valence-corrected chi connectivity index (χ4v) is 3.46. The van der Waals surface area contributed by atoms with Gasteiger partial charge in [0.15, 0.2) is 0 Å². The van der Waals surface area contributed by atoms with Crippen molar-refractivity contribution in [2.45, 2.75) is 57.7 Å². The van der Waals surface area contributed by atoms with Gasteiger partial charge >= 0.3 is 6.09 Å². The van der Waals surface area contributed by atoms with Gasteiger partial charge in [0.2, 0.25) is 0 Å². The molecule has 0 N–H and O–H groups in total. The second kappa shape index (κ2) is 3.62. The molecule has 0 bridgehead atoms. The van der Waals surface area contributed by atoms with Crippen LogP contribution in [0.2, 0.25) is 0 Å². The number of carbonyl (C=O) groups is 1. The van der Waals surface area contributed by atoms with Crippen LogP contribution in [0, 0.1) is 5.41 Å². The summed E-state index contributed by atoms with van der Waals surface area (Å²) in [6.45, 7) is 8.38. The molecule has 0 unspecified atom stereocenters. The summed E-state index contributed by atoms with van der Waals surface area (Å²) in [5.74, 6) is 0. The van der Waals surface area contributed by atoms with Crippen molar-refractivity contribution in [3.63, 3.8) is 0 Å². The van der Waals surface area contributed by atoms with Crippen molar-refractivity contribution >= 4 is 6.09 Å². The Hall–Kier alpha value is -0.770. The molecule has 2 spiro atoms. The van der Waals surface area contributed by atoms with Gasteiger partial charge in [0.1, 0.15) is 5.60 Å². The maximum Gasteiger partial charge on any atom is 0.410 e. The SMILES string of the molecule is CC(C)(C)OC(=O)N1CCC2(CC1)CC1(CO1)C2. The molecule has 4 heteroatoms. The number of hydrogen-bond acceptors (Lipinski definition) is 3. The van der Waals surface area contributed by atoms with E-state index in [0.717, 1.165) is 32.5 Å². The van der Waals surface area contributed by atoms with Gasteiger partial charge in [0, 0.05) is 13.1 Å². The van der Waals surface area contributed by atoms with E-state index in [9.17, 15) is 4.79 Å². The fourth-order valence-electron chi connectivity index (χ4n) is 3.46. The van der Waals surface area contributed by atoms with Crippen LogP contribution in [-0.4, -0.2) is 41.9 Å². The highest BCUT2D eigenvalue weighted by molar-refractivity contribution is 5.68. The van der Waals surface area contributed by atoms with Gasteiger partial charge in [-0.2, -0.15) is 0 Å². The van der Waals surface area contributed by atoms with Crippen LogP contribution in [0.5, 0.6) is 0 Å². The molecule has 3 aliphatic rings. The molecule has 4 nitrogen and oxygen atoms in total. The van der Waals surface area contributed by atoms with E-state index >= 15 is 0 Å². The number of hydrogen-bond donors (Lipinski definition) is 0. The third-order valence-corrected chi connectivity index (χ3v) is 4.42. The van der Waals surface area contributed by atoms with E-state index in [0.29, 0.717) is 5.41 Å². The summed E-state index contributed by atoms with van der Waals surface area (Å²) >= 11 is 0. The lowest BCUT2D eigenvalue weighted by Crippen LogP contribution is -2.52. The monoisotopic (exact) mass is 253 g/mol. The highest BCUT2D eigenvalue weighted by atomic mass is 16.6. The van der Waals surface area contributed by atoms with Gasteiger partial charge in [0.05, 0.1) is 12.2 Å². The van der Waals surface area contributed by atoms with Crippen LogP contribution in [0.4, 0.5) is 4.79 Å². The molecule has 102 valence electrons. The molecule has 1 aliphatic carbocycles. The molecular weight excluding hydrogens is 230 g/mol. The van der Waals surface area contributed by atoms with Crippen molar-refractivity contribution in [2.24, 2.45) is 5.41 Å². The van der Waals surface area contributed by atoms with E-state index in [-0.39, 0.29) is 11.7 Å². The van der Waals surface area contributed by atoms with Crippen molar-refractivity contribution in [3.8, 4) is 0 Å². The van der Waals surface area contributed by atoms with Crippen LogP contribution in [0.1, 0.15) is 46.5 Å². The van der Waals surface area contributed by atoms with E-state index in [2.05, 4.69) is 0 Å². The maximum atomic E-state index is 11.9. The first-order chi connectivity index (χ1) is 8.32. The standard InChI is InChI=1S/C14H23NO3/c1-12(2,3)18-11(16)15-6-4-13(5-7-15)8-14(9-13)10-17-14/h4-10H2,1-3H3. The van der Waals surface area contributed by atoms with Crippen molar-refractivity contribution in [1.82, 2.24) is 4.90 Å². The lowest BCUT2D eigenvalue weighted by Gasteiger charge is -2.51. The zero-order valence-electron chi connectivity index (χ0n) is 11.6. The number of piperidine rings is 1. The summed E-state index contributed by atoms with van der Waals surface area (Å²) in [6.07, 6.45) is 4.48. The van der Waals surface area contributed by atoms with Gasteiger partial charge in [-0.3, -0.25) is 0 Å². The summed E-state index contributed by atoms with van der Waals surface area (Å²) in [5.41, 5.74) is 0.345. The van der Waals surface area contributed by atoms with Crippen molar-refractivity contribution in [2.75, 3.05) is 19.7 Å². The Morgan fingerprint density at radius 1 is 1.22 bits per heavy atom. The third-order valence-electron chi connectivity index (χ3n) is 4.42. The van der Waals surface area contributed by atoms with Gasteiger partial charge in [0.25, 0.3) is 0 Å². The molecule has 0 aromatic rings. The number of ether oxygens (including phenoxy) is 2. The van der Waals surface area contributed by atoms with Gasteiger partial charge in [-0.05, 0) is 51.9 Å². The number of likely N-dealkylation sites (tertiary alicyclic amines) is 1. The lowest BCUT2D eigenvalue weighted by molar-refractivity contribution is -0.0392. The Kier molecular flexibility index (Phi) is 2.47. The predicted molar refractivity (Wildman–Crippen MR) is 67.4 cm³/mol. The highest BCUT2D eigenvalue weighted by Gasteiger charge is 2.63. The topological polar surface area (TPSA) is 42.1 Å². The van der Waals surface area contributed by atoms with Crippen molar-refractivity contribution < 1.29 is 14.3 Å². The molecule has 3 rings (SSSR count). The highest BCUT2D eigenvalue weighted by Crippen LogP contribution is 2.61. The second-order valence-corrected chi connectivity index (χ2v) is 7.29. The first-order valence-corrected chi connectivity index (χ1v) is 6.94. The first kappa shape index (κ1) is 12.3. The molecular formula is C14H23NO3. The zero-order chi connectivity index (χ0) is 13.0. The number of nitrogens with zero attached hydrogens (tertiary/aromatic N) is 1. The lowest BCUT2D eigenvalue weighted by atomic mass is 9.57. The van der Waals surface area contributed by atoms with E-state index in [1.807, 2.05) is 25.7 Å². The predicted octanol–water partition coefficient (Wildman–Crippen LogP) is 2.57. The molecule has 18 heavy (non-hydrogen) atoms. The smallest absolute Gasteiger partial charge is 0.410 e. The maximum absolute atomic E-state index is 11.9. The van der Waals surface area contributed by atoms with Crippen LogP contribution < -0.4 is 0 Å². The van der Waals surface area contributed by atoms with Crippen molar-refractivity contribution in [1.29, 1.82) is 0 Å². The summed E-state index contributed by atoms with van der Waals surface area (Å²) < 4.78 is 10.9. The fraction of sp³-hybridized carbons (Fsp3) is 0.929. The Morgan fingerprint density at radius 2 is 1.78 bits per heavy atom. The molecule has 2 aliphatic heterocycles. The molecule has 1 amide bonds. The Morgan fingerprint density at radius 3 is 2.22 bits per heavy atom. The largest absolute Gasteiger partial charge is 0.444 e. The van der Waals surface area contributed by atoms with Crippen molar-refractivity contribution in [3.05, 3.63) is 0 Å². The van der Waals surface area contributed by atoms with Gasteiger partial charge < -0.3 is 14.4 Å². The molecule has 1 saturated carbocycles. The minimum Gasteiger partial charge on any atom is -0.444 e. The van der Waals surface area contributed by atoms with Crippen LogP contribution in [0.15, 0.2) is 0 Å². The van der Waals surface area contributed by atoms with Crippen LogP contribution >= 0.6 is 0 Å². The van der Waals surface area contributed by atoms with E-state index < -0.39 is 5.60 Å². The Labute approximate surface area is 109 Å². The van der Waals surface area contributed by atoms with E-state index in [1.165, 1.54) is 12.8 Å². The minimum atomic E-state index is -0.394. The van der Waals surface area contributed by atoms with Crippen LogP contribution in [0.3, 0.4) is 0 Å². The molecule has 0 aromatic carbocycles. The van der Waals surface area contributed by atoms with Crippen LogP contribution in [0.25, 0.3) is 0 Å². The second-order valence-electron chi connectivity index (χ2n) is 7.29. The third kappa shape index (κ3) is 2.22. The van der Waals surface area contributed by atoms with E-state index in [4.69, 9.17) is 9.47 Å². The molecule has 0 aromatic heterocycles. The summed E-state index contributed by atoms with van der Waals surface area (Å²) in [4.78, 5) is 13.8. The van der Waals surface area contributed by atoms with Crippen LogP contribution in [-0.2, 0) is 9.47 Å². The summed E-state index contributed by atoms with van der Waals surface area (Å²) in [7, 11) is 0. The Balaban J connectivity index is 1.49. The molecule has 2 heterocycles. The molecule has 2 saturated heterocycles. The molecule has 3 fully saturated rings. The summed E-state index contributed by atoms with van der Waals surface area (Å²) in [6, 6.07) is 0. The Bertz CT molecular complexity index is 350. The zero-order valence-corrected chi connectivity index (χ0v) is 11.6. The number of amides is 1. The quantitative estimate of drug-likeness (QED) is 0.623. The van der Waals surface area contributed by atoms with Gasteiger partial charge in [-0.1, -0.05) is 0 Å². The number of rotatable bonds is 0. The number of epoxide rings is 1. The van der Waals surface area contributed by atoms with E-state index in [1.54, 1.807) is 0 Å². The molecule has 0 radical (unpaired) electrons.